The van der Waals surface area contributed by atoms with Gasteiger partial charge >= 0.3 is 0 Å². The number of fused-ring (bicyclic) bond motifs is 1. The van der Waals surface area contributed by atoms with Crippen LogP contribution in [0.25, 0.3) is 23.2 Å². The summed E-state index contributed by atoms with van der Waals surface area (Å²) in [5.41, 5.74) is 4.62. The van der Waals surface area contributed by atoms with Gasteiger partial charge in [0.05, 0.1) is 12.2 Å². The number of aliphatic imine (C=N–C) groups is 1. The van der Waals surface area contributed by atoms with E-state index in [4.69, 9.17) is 4.63 Å². The van der Waals surface area contributed by atoms with Crippen LogP contribution in [-0.4, -0.2) is 40.3 Å². The Morgan fingerprint density at radius 3 is 2.55 bits per heavy atom. The molecule has 0 atom stereocenters. The van der Waals surface area contributed by atoms with Gasteiger partial charge in [-0.2, -0.15) is 0 Å². The molecule has 0 aliphatic heterocycles. The van der Waals surface area contributed by atoms with E-state index < -0.39 is 0 Å². The topological polar surface area (TPSA) is 81.5 Å². The van der Waals surface area contributed by atoms with Gasteiger partial charge in [0.15, 0.2) is 24.5 Å². The maximum atomic E-state index is 11.2. The summed E-state index contributed by atoms with van der Waals surface area (Å²) in [6.07, 6.45) is 8.03. The molecule has 3 rings (SSSR count). The summed E-state index contributed by atoms with van der Waals surface area (Å²) in [7, 11) is 0. The molecule has 0 fully saturated rings. The van der Waals surface area contributed by atoms with Gasteiger partial charge in [-0.15, -0.1) is 0 Å². The van der Waals surface area contributed by atoms with Crippen molar-refractivity contribution in [1.82, 2.24) is 10.3 Å². The first-order valence-corrected chi connectivity index (χ1v) is 11.1. The van der Waals surface area contributed by atoms with Gasteiger partial charge in [-0.3, -0.25) is 4.99 Å². The normalized spacial score (nSPS) is 12.2. The number of halogens is 1. The molecule has 3 aromatic rings. The average Bonchev–Trinajstić information content (AvgIpc) is 3.25. The number of rotatable bonds is 9. The number of alkyl halides is 1. The summed E-state index contributed by atoms with van der Waals surface area (Å²) in [5, 5.41) is 19.4. The molecule has 0 saturated heterocycles. The zero-order valence-electron chi connectivity index (χ0n) is 16.6. The standard InChI is InChI=1S/C21H24IN5O2/c1-3-27(4-2)18-8-7-17(20-21(18)25-29-24-20)6-5-16-9-12-26(13-10-16)14-11-23-19(28)15-22/h5-10,12-13H,3-4,11,14-15H2,1-2H3. The quantitative estimate of drug-likeness (QED) is 0.147. The van der Waals surface area contributed by atoms with E-state index in [1.807, 2.05) is 69.9 Å². The predicted octanol–water partition coefficient (Wildman–Crippen LogP) is 2.72. The van der Waals surface area contributed by atoms with Crippen molar-refractivity contribution in [2.24, 2.45) is 4.99 Å². The van der Waals surface area contributed by atoms with Gasteiger partial charge in [0.1, 0.15) is 5.52 Å². The highest BCUT2D eigenvalue weighted by molar-refractivity contribution is 14.1. The van der Waals surface area contributed by atoms with Gasteiger partial charge in [0.25, 0.3) is 0 Å². The second-order valence-electron chi connectivity index (χ2n) is 6.42. The van der Waals surface area contributed by atoms with E-state index in [-0.39, 0.29) is 5.90 Å². The van der Waals surface area contributed by atoms with Gasteiger partial charge in [0, 0.05) is 35.2 Å². The molecule has 0 aliphatic rings. The molecule has 0 saturated carbocycles. The Bertz CT molecular complexity index is 994. The zero-order chi connectivity index (χ0) is 20.6. The molecule has 0 bridgehead atoms. The molecule has 2 heterocycles. The third-order valence-corrected chi connectivity index (χ3v) is 5.31. The largest absolute Gasteiger partial charge is 0.861 e. The Hall–Kier alpha value is -2.49. The van der Waals surface area contributed by atoms with Crippen LogP contribution < -0.4 is 14.6 Å². The number of benzene rings is 1. The number of aromatic nitrogens is 3. The molecule has 0 aliphatic carbocycles. The van der Waals surface area contributed by atoms with E-state index in [1.165, 1.54) is 0 Å². The van der Waals surface area contributed by atoms with E-state index in [9.17, 15) is 5.11 Å². The number of nitrogens with zero attached hydrogens (tertiary/aromatic N) is 5. The Balaban J connectivity index is 1.74. The Labute approximate surface area is 183 Å². The van der Waals surface area contributed by atoms with Crippen molar-refractivity contribution in [3.8, 4) is 0 Å². The van der Waals surface area contributed by atoms with Crippen LogP contribution in [-0.2, 0) is 6.54 Å². The van der Waals surface area contributed by atoms with Crippen molar-refractivity contribution >= 4 is 57.4 Å². The lowest BCUT2D eigenvalue weighted by molar-refractivity contribution is -0.694. The van der Waals surface area contributed by atoms with E-state index in [1.54, 1.807) is 0 Å². The Kier molecular flexibility index (Phi) is 7.56. The lowest BCUT2D eigenvalue weighted by Gasteiger charge is -2.20. The first-order valence-electron chi connectivity index (χ1n) is 9.60. The summed E-state index contributed by atoms with van der Waals surface area (Å²) < 4.78 is 7.46. The van der Waals surface area contributed by atoms with Crippen molar-refractivity contribution in [3.63, 3.8) is 0 Å². The summed E-state index contributed by atoms with van der Waals surface area (Å²) in [5.74, 6) is -0.0635. The van der Waals surface area contributed by atoms with Crippen LogP contribution in [0, 0.1) is 0 Å². The zero-order valence-corrected chi connectivity index (χ0v) is 18.7. The molecule has 1 aromatic carbocycles. The first kappa shape index (κ1) is 21.2. The minimum Gasteiger partial charge on any atom is -0.861 e. The minimum absolute atomic E-state index is 0.0635. The van der Waals surface area contributed by atoms with Gasteiger partial charge in [-0.25, -0.2) is 9.20 Å². The molecule has 0 amide bonds. The lowest BCUT2D eigenvalue weighted by atomic mass is 10.1. The number of hydrogen-bond donors (Lipinski definition) is 0. The molecule has 0 radical (unpaired) electrons. The molecular weight excluding hydrogens is 481 g/mol. The van der Waals surface area contributed by atoms with E-state index in [0.717, 1.165) is 40.9 Å². The molecule has 2 aromatic heterocycles. The van der Waals surface area contributed by atoms with Crippen LogP contribution in [0.1, 0.15) is 25.0 Å². The Morgan fingerprint density at radius 1 is 1.14 bits per heavy atom. The van der Waals surface area contributed by atoms with Gasteiger partial charge < -0.3 is 10.0 Å². The second kappa shape index (κ2) is 10.3. The lowest BCUT2D eigenvalue weighted by Crippen LogP contribution is -2.34. The van der Waals surface area contributed by atoms with Crippen LogP contribution >= 0.6 is 22.6 Å². The maximum absolute atomic E-state index is 11.2. The fraction of sp³-hybridized carbons (Fsp3) is 0.333. The summed E-state index contributed by atoms with van der Waals surface area (Å²) in [6.45, 7) is 7.22. The highest BCUT2D eigenvalue weighted by atomic mass is 127. The third-order valence-electron chi connectivity index (χ3n) is 4.66. The van der Waals surface area contributed by atoms with E-state index in [0.29, 0.717) is 17.5 Å². The van der Waals surface area contributed by atoms with Crippen LogP contribution in [0.5, 0.6) is 0 Å². The molecule has 0 spiro atoms. The number of pyridine rings is 1. The molecule has 0 N–H and O–H groups in total. The molecule has 29 heavy (non-hydrogen) atoms. The number of anilines is 1. The summed E-state index contributed by atoms with van der Waals surface area (Å²) in [4.78, 5) is 6.22. The highest BCUT2D eigenvalue weighted by Gasteiger charge is 2.14. The van der Waals surface area contributed by atoms with Gasteiger partial charge in [-0.05, 0) is 41.7 Å². The molecule has 0 unspecified atom stereocenters. The van der Waals surface area contributed by atoms with E-state index >= 15 is 0 Å². The fourth-order valence-electron chi connectivity index (χ4n) is 3.07. The molecule has 8 heteroatoms. The number of hydrogen-bond acceptors (Lipinski definition) is 6. The van der Waals surface area contributed by atoms with Crippen molar-refractivity contribution in [3.05, 3.63) is 47.8 Å². The van der Waals surface area contributed by atoms with Crippen molar-refractivity contribution < 1.29 is 14.3 Å². The maximum Gasteiger partial charge on any atom is 0.169 e. The van der Waals surface area contributed by atoms with Crippen molar-refractivity contribution in [2.75, 3.05) is 29.0 Å². The highest BCUT2D eigenvalue weighted by Crippen LogP contribution is 2.28. The van der Waals surface area contributed by atoms with Crippen LogP contribution in [0.3, 0.4) is 0 Å². The van der Waals surface area contributed by atoms with Crippen LogP contribution in [0.15, 0.2) is 46.3 Å². The SMILES string of the molecule is CCN(CC)c1ccc(/C=C/c2cc[n+](CCN=C([O-])CI)cc2)c2nonc12. The smallest absolute Gasteiger partial charge is 0.169 e. The molecule has 7 nitrogen and oxygen atoms in total. The van der Waals surface area contributed by atoms with Crippen LogP contribution in [0.4, 0.5) is 5.69 Å². The van der Waals surface area contributed by atoms with Crippen molar-refractivity contribution in [1.29, 1.82) is 0 Å². The fourth-order valence-corrected chi connectivity index (χ4v) is 3.32. The molecular formula is C21H24IN5O2. The summed E-state index contributed by atoms with van der Waals surface area (Å²) >= 11 is 2.03. The van der Waals surface area contributed by atoms with E-state index in [2.05, 4.69) is 40.1 Å². The van der Waals surface area contributed by atoms with Crippen molar-refractivity contribution in [2.45, 2.75) is 20.4 Å². The average molecular weight is 505 g/mol. The summed E-state index contributed by atoms with van der Waals surface area (Å²) in [6, 6.07) is 8.17. The predicted molar refractivity (Wildman–Crippen MR) is 122 cm³/mol. The van der Waals surface area contributed by atoms with Gasteiger partial charge in [-0.1, -0.05) is 40.8 Å². The minimum atomic E-state index is -0.0635. The Morgan fingerprint density at radius 2 is 1.86 bits per heavy atom. The monoisotopic (exact) mass is 505 g/mol. The first-order chi connectivity index (χ1) is 14.2. The third kappa shape index (κ3) is 5.31. The van der Waals surface area contributed by atoms with Crippen LogP contribution in [0.2, 0.25) is 0 Å². The second-order valence-corrected chi connectivity index (χ2v) is 7.18. The molecule has 152 valence electrons. The van der Waals surface area contributed by atoms with Gasteiger partial charge in [0.2, 0.25) is 0 Å².